The smallest absolute Gasteiger partial charge is 0.251 e. The van der Waals surface area contributed by atoms with Crippen LogP contribution < -0.4 is 10.1 Å². The van der Waals surface area contributed by atoms with Gasteiger partial charge in [-0.05, 0) is 23.8 Å². The average Bonchev–Trinajstić information content (AvgIpc) is 2.71. The maximum Gasteiger partial charge on any atom is 0.251 e. The van der Waals surface area contributed by atoms with Gasteiger partial charge in [-0.15, -0.1) is 0 Å². The van der Waals surface area contributed by atoms with E-state index in [2.05, 4.69) is 5.32 Å². The van der Waals surface area contributed by atoms with Crippen LogP contribution in [0.3, 0.4) is 0 Å². The SMILES string of the molecule is COc1ccc(C(=O)NCC(=O)N(C)C)cc1S(=O)(=O)N(C)Cc1ccccc1. The predicted octanol–water partition coefficient (Wildman–Crippen LogP) is 1.33. The number of ether oxygens (including phenoxy) is 1. The van der Waals surface area contributed by atoms with Gasteiger partial charge in [-0.2, -0.15) is 4.31 Å². The molecule has 2 aromatic rings. The van der Waals surface area contributed by atoms with Gasteiger partial charge in [0, 0.05) is 33.3 Å². The number of likely N-dealkylation sites (N-methyl/N-ethyl adjacent to an activating group) is 1. The first-order valence-corrected chi connectivity index (χ1v) is 10.3. The Morgan fingerprint density at radius 2 is 1.69 bits per heavy atom. The normalized spacial score (nSPS) is 11.2. The fourth-order valence-corrected chi connectivity index (χ4v) is 3.87. The maximum atomic E-state index is 13.1. The lowest BCUT2D eigenvalue weighted by molar-refractivity contribution is -0.127. The highest BCUT2D eigenvalue weighted by molar-refractivity contribution is 7.89. The second-order valence-corrected chi connectivity index (χ2v) is 8.60. The number of nitrogens with one attached hydrogen (secondary N) is 1. The van der Waals surface area contributed by atoms with Crippen LogP contribution in [-0.4, -0.2) is 64.2 Å². The molecule has 9 heteroatoms. The van der Waals surface area contributed by atoms with Crippen molar-refractivity contribution in [2.75, 3.05) is 34.8 Å². The molecule has 1 N–H and O–H groups in total. The number of hydrogen-bond donors (Lipinski definition) is 1. The third-order valence-electron chi connectivity index (χ3n) is 4.26. The molecule has 0 aliphatic rings. The van der Waals surface area contributed by atoms with E-state index in [0.717, 1.165) is 5.56 Å². The molecule has 0 fully saturated rings. The zero-order valence-corrected chi connectivity index (χ0v) is 17.7. The molecule has 0 atom stereocenters. The second-order valence-electron chi connectivity index (χ2n) is 6.58. The number of methoxy groups -OCH3 is 1. The minimum atomic E-state index is -3.93. The Kier molecular flexibility index (Phi) is 7.35. The van der Waals surface area contributed by atoms with Crippen LogP contribution >= 0.6 is 0 Å². The van der Waals surface area contributed by atoms with E-state index >= 15 is 0 Å². The minimum Gasteiger partial charge on any atom is -0.495 e. The van der Waals surface area contributed by atoms with E-state index < -0.39 is 15.9 Å². The number of benzene rings is 2. The van der Waals surface area contributed by atoms with Crippen molar-refractivity contribution in [2.45, 2.75) is 11.4 Å². The van der Waals surface area contributed by atoms with Crippen molar-refractivity contribution in [2.24, 2.45) is 0 Å². The van der Waals surface area contributed by atoms with Gasteiger partial charge < -0.3 is 15.0 Å². The van der Waals surface area contributed by atoms with E-state index in [1.165, 1.54) is 41.6 Å². The van der Waals surface area contributed by atoms with Crippen molar-refractivity contribution < 1.29 is 22.7 Å². The average molecular weight is 420 g/mol. The molecule has 0 saturated heterocycles. The van der Waals surface area contributed by atoms with E-state index in [0.29, 0.717) is 0 Å². The summed E-state index contributed by atoms with van der Waals surface area (Å²) in [6, 6.07) is 13.3. The summed E-state index contributed by atoms with van der Waals surface area (Å²) in [5.41, 5.74) is 0.942. The molecular formula is C20H25N3O5S. The number of hydrogen-bond acceptors (Lipinski definition) is 5. The summed E-state index contributed by atoms with van der Waals surface area (Å²) in [6.07, 6.45) is 0. The van der Waals surface area contributed by atoms with Crippen LogP contribution in [0.4, 0.5) is 0 Å². The molecule has 0 bridgehead atoms. The van der Waals surface area contributed by atoms with Gasteiger partial charge in [-0.1, -0.05) is 30.3 Å². The van der Waals surface area contributed by atoms with Crippen LogP contribution in [0, 0.1) is 0 Å². The Bertz CT molecular complexity index is 975. The van der Waals surface area contributed by atoms with E-state index in [4.69, 9.17) is 4.74 Å². The van der Waals surface area contributed by atoms with Gasteiger partial charge in [0.25, 0.3) is 5.91 Å². The number of rotatable bonds is 8. The van der Waals surface area contributed by atoms with Crippen LogP contribution in [0.2, 0.25) is 0 Å². The van der Waals surface area contributed by atoms with Crippen molar-refractivity contribution in [3.05, 3.63) is 59.7 Å². The molecule has 0 heterocycles. The molecule has 0 unspecified atom stereocenters. The Hall–Kier alpha value is -2.91. The topological polar surface area (TPSA) is 96.0 Å². The molecule has 8 nitrogen and oxygen atoms in total. The summed E-state index contributed by atoms with van der Waals surface area (Å²) in [5.74, 6) is -0.696. The second kappa shape index (κ2) is 9.53. The van der Waals surface area contributed by atoms with Crippen LogP contribution in [0.25, 0.3) is 0 Å². The fraction of sp³-hybridized carbons (Fsp3) is 0.300. The third-order valence-corrected chi connectivity index (χ3v) is 6.09. The fourth-order valence-electron chi connectivity index (χ4n) is 2.53. The van der Waals surface area contributed by atoms with Gasteiger partial charge >= 0.3 is 0 Å². The van der Waals surface area contributed by atoms with Gasteiger partial charge in [0.15, 0.2) is 0 Å². The van der Waals surface area contributed by atoms with Crippen molar-refractivity contribution in [1.29, 1.82) is 0 Å². The summed E-state index contributed by atoms with van der Waals surface area (Å²) in [6.45, 7) is -0.0199. The standard InChI is InChI=1S/C20H25N3O5S/c1-22(2)19(24)13-21-20(25)16-10-11-17(28-4)18(12-16)29(26,27)23(3)14-15-8-6-5-7-9-15/h5-12H,13-14H2,1-4H3,(H,21,25). The molecule has 0 saturated carbocycles. The molecule has 2 aromatic carbocycles. The Balaban J connectivity index is 2.29. The first-order valence-electron chi connectivity index (χ1n) is 8.83. The summed E-state index contributed by atoms with van der Waals surface area (Å²) in [5, 5.41) is 2.49. The predicted molar refractivity (Wildman–Crippen MR) is 109 cm³/mol. The Morgan fingerprint density at radius 3 is 2.28 bits per heavy atom. The molecule has 29 heavy (non-hydrogen) atoms. The number of sulfonamides is 1. The molecule has 2 rings (SSSR count). The first-order chi connectivity index (χ1) is 13.7. The largest absolute Gasteiger partial charge is 0.495 e. The van der Waals surface area contributed by atoms with Crippen molar-refractivity contribution in [3.8, 4) is 5.75 Å². The summed E-state index contributed by atoms with van der Waals surface area (Å²) < 4.78 is 32.6. The third kappa shape index (κ3) is 5.55. The van der Waals surface area contributed by atoms with E-state index in [-0.39, 0.29) is 35.2 Å². The number of carbonyl (C=O) groups is 2. The zero-order valence-electron chi connectivity index (χ0n) is 16.9. The first kappa shape index (κ1) is 22.4. The van der Waals surface area contributed by atoms with Crippen LogP contribution in [0.5, 0.6) is 5.75 Å². The minimum absolute atomic E-state index is 0.115. The van der Waals surface area contributed by atoms with Crippen LogP contribution in [0.1, 0.15) is 15.9 Å². The molecule has 0 aliphatic carbocycles. The van der Waals surface area contributed by atoms with Crippen molar-refractivity contribution in [1.82, 2.24) is 14.5 Å². The van der Waals surface area contributed by atoms with Gasteiger partial charge in [-0.25, -0.2) is 8.42 Å². The van der Waals surface area contributed by atoms with Crippen molar-refractivity contribution in [3.63, 3.8) is 0 Å². The van der Waals surface area contributed by atoms with E-state index in [1.807, 2.05) is 30.3 Å². The van der Waals surface area contributed by atoms with Crippen LogP contribution in [-0.2, 0) is 21.4 Å². The summed E-state index contributed by atoms with van der Waals surface area (Å²) >= 11 is 0. The zero-order chi connectivity index (χ0) is 21.6. The number of amides is 2. The van der Waals surface area contributed by atoms with Gasteiger partial charge in [-0.3, -0.25) is 9.59 Å². The summed E-state index contributed by atoms with van der Waals surface area (Å²) in [4.78, 5) is 25.3. The highest BCUT2D eigenvalue weighted by Crippen LogP contribution is 2.28. The molecule has 0 aliphatic heterocycles. The highest BCUT2D eigenvalue weighted by Gasteiger charge is 2.26. The van der Waals surface area contributed by atoms with Gasteiger partial charge in [0.1, 0.15) is 10.6 Å². The lowest BCUT2D eigenvalue weighted by Crippen LogP contribution is -2.36. The molecular weight excluding hydrogens is 394 g/mol. The monoisotopic (exact) mass is 419 g/mol. The van der Waals surface area contributed by atoms with Crippen molar-refractivity contribution >= 4 is 21.8 Å². The number of nitrogens with zero attached hydrogens (tertiary/aromatic N) is 2. The number of carbonyl (C=O) groups excluding carboxylic acids is 2. The lowest BCUT2D eigenvalue weighted by Gasteiger charge is -2.19. The van der Waals surface area contributed by atoms with E-state index in [9.17, 15) is 18.0 Å². The van der Waals surface area contributed by atoms with E-state index in [1.54, 1.807) is 14.1 Å². The van der Waals surface area contributed by atoms with Crippen LogP contribution in [0.15, 0.2) is 53.4 Å². The quantitative estimate of drug-likeness (QED) is 0.697. The molecule has 0 radical (unpaired) electrons. The van der Waals surface area contributed by atoms with Gasteiger partial charge in [0.05, 0.1) is 13.7 Å². The Morgan fingerprint density at radius 1 is 1.03 bits per heavy atom. The highest BCUT2D eigenvalue weighted by atomic mass is 32.2. The molecule has 0 aromatic heterocycles. The molecule has 156 valence electrons. The maximum absolute atomic E-state index is 13.1. The molecule has 0 spiro atoms. The Labute approximate surface area is 171 Å². The lowest BCUT2D eigenvalue weighted by atomic mass is 10.2. The van der Waals surface area contributed by atoms with Gasteiger partial charge in [0.2, 0.25) is 15.9 Å². The summed E-state index contributed by atoms with van der Waals surface area (Å²) in [7, 11) is 2.05. The molecule has 2 amide bonds.